The van der Waals surface area contributed by atoms with E-state index in [2.05, 4.69) is 15.5 Å². The maximum Gasteiger partial charge on any atom is 0.416 e. The highest BCUT2D eigenvalue weighted by molar-refractivity contribution is 7.98. The van der Waals surface area contributed by atoms with Gasteiger partial charge in [0.1, 0.15) is 5.75 Å². The van der Waals surface area contributed by atoms with Crippen LogP contribution >= 0.6 is 11.8 Å². The molecule has 0 saturated heterocycles. The number of ether oxygens (including phenoxy) is 1. The molecular formula is C29H23F3N4O2S. The Kier molecular flexibility index (Phi) is 7.56. The highest BCUT2D eigenvalue weighted by Crippen LogP contribution is 2.33. The molecule has 1 amide bonds. The number of benzene rings is 4. The minimum Gasteiger partial charge on any atom is -0.495 e. The summed E-state index contributed by atoms with van der Waals surface area (Å²) in [4.78, 5) is 13.1. The Morgan fingerprint density at radius 1 is 0.949 bits per heavy atom. The van der Waals surface area contributed by atoms with Crippen molar-refractivity contribution in [2.45, 2.75) is 23.6 Å². The number of thioether (sulfide) groups is 1. The number of nitrogens with one attached hydrogen (secondary N) is 1. The Labute approximate surface area is 226 Å². The number of aromatic nitrogens is 3. The van der Waals surface area contributed by atoms with Crippen LogP contribution in [0.1, 0.15) is 27.3 Å². The van der Waals surface area contributed by atoms with Gasteiger partial charge in [-0.05, 0) is 40.6 Å². The van der Waals surface area contributed by atoms with Gasteiger partial charge in [-0.15, -0.1) is 10.2 Å². The van der Waals surface area contributed by atoms with Gasteiger partial charge in [0.15, 0.2) is 11.0 Å². The molecule has 198 valence electrons. The van der Waals surface area contributed by atoms with E-state index in [0.29, 0.717) is 33.5 Å². The molecule has 0 radical (unpaired) electrons. The van der Waals surface area contributed by atoms with Gasteiger partial charge < -0.3 is 10.1 Å². The Balaban J connectivity index is 1.43. The predicted octanol–water partition coefficient (Wildman–Crippen LogP) is 6.67. The summed E-state index contributed by atoms with van der Waals surface area (Å²) in [6.07, 6.45) is -4.42. The van der Waals surface area contributed by atoms with Crippen molar-refractivity contribution in [2.24, 2.45) is 0 Å². The van der Waals surface area contributed by atoms with Crippen LogP contribution in [0.4, 0.5) is 13.2 Å². The standard InChI is InChI=1S/C29H23F3N4O2S/c1-38-25-15-5-4-14-24(25)36-26(17-33-27(37)23-13-7-10-20-9-2-3-12-22(20)23)34-35-28(36)39-18-19-8-6-11-21(16-19)29(30,31)32/h2-16H,17-18H2,1H3,(H,33,37). The van der Waals surface area contributed by atoms with Crippen LogP contribution in [0.5, 0.6) is 5.75 Å². The van der Waals surface area contributed by atoms with Gasteiger partial charge in [0.05, 0.1) is 24.9 Å². The second kappa shape index (κ2) is 11.2. The third-order valence-electron chi connectivity index (χ3n) is 6.09. The minimum absolute atomic E-state index is 0.0667. The summed E-state index contributed by atoms with van der Waals surface area (Å²) in [5.74, 6) is 0.971. The third-order valence-corrected chi connectivity index (χ3v) is 7.09. The van der Waals surface area contributed by atoms with E-state index in [-0.39, 0.29) is 18.2 Å². The lowest BCUT2D eigenvalue weighted by Gasteiger charge is -2.14. The molecule has 1 heterocycles. The zero-order chi connectivity index (χ0) is 27.4. The smallest absolute Gasteiger partial charge is 0.416 e. The van der Waals surface area contributed by atoms with Crippen molar-refractivity contribution in [2.75, 3.05) is 7.11 Å². The summed E-state index contributed by atoms with van der Waals surface area (Å²) in [5, 5.41) is 13.8. The van der Waals surface area contributed by atoms with E-state index in [1.165, 1.54) is 17.8 Å². The minimum atomic E-state index is -4.42. The van der Waals surface area contributed by atoms with Gasteiger partial charge in [0, 0.05) is 11.3 Å². The quantitative estimate of drug-likeness (QED) is 0.219. The fourth-order valence-electron chi connectivity index (χ4n) is 4.23. The zero-order valence-corrected chi connectivity index (χ0v) is 21.6. The van der Waals surface area contributed by atoms with E-state index in [1.807, 2.05) is 54.6 Å². The molecule has 0 aliphatic carbocycles. The maximum absolute atomic E-state index is 13.2. The van der Waals surface area contributed by atoms with Crippen LogP contribution in [-0.4, -0.2) is 27.8 Å². The lowest BCUT2D eigenvalue weighted by Crippen LogP contribution is -2.25. The number of para-hydroxylation sites is 2. The van der Waals surface area contributed by atoms with Gasteiger partial charge in [0.25, 0.3) is 5.91 Å². The number of nitrogens with zero attached hydrogens (tertiary/aromatic N) is 3. The van der Waals surface area contributed by atoms with E-state index in [4.69, 9.17) is 4.74 Å². The summed E-state index contributed by atoms with van der Waals surface area (Å²) in [6.45, 7) is 0.0667. The highest BCUT2D eigenvalue weighted by atomic mass is 32.2. The van der Waals surface area contributed by atoms with Crippen molar-refractivity contribution < 1.29 is 22.7 Å². The second-order valence-electron chi connectivity index (χ2n) is 8.60. The molecule has 0 aliphatic heterocycles. The van der Waals surface area contributed by atoms with Crippen molar-refractivity contribution in [3.8, 4) is 11.4 Å². The molecule has 1 aromatic heterocycles. The average molecular weight is 549 g/mol. The normalized spacial score (nSPS) is 11.5. The Bertz CT molecular complexity index is 1630. The molecule has 0 spiro atoms. The molecule has 0 bridgehead atoms. The summed E-state index contributed by atoms with van der Waals surface area (Å²) < 4.78 is 46.8. The summed E-state index contributed by atoms with van der Waals surface area (Å²) >= 11 is 1.24. The van der Waals surface area contributed by atoms with Crippen LogP contribution in [0.25, 0.3) is 16.5 Å². The summed E-state index contributed by atoms with van der Waals surface area (Å²) in [6, 6.07) is 25.6. The third kappa shape index (κ3) is 5.75. The van der Waals surface area contributed by atoms with Crippen LogP contribution in [0.3, 0.4) is 0 Å². The number of rotatable bonds is 8. The van der Waals surface area contributed by atoms with Gasteiger partial charge >= 0.3 is 6.18 Å². The van der Waals surface area contributed by atoms with Crippen LogP contribution in [0, 0.1) is 0 Å². The molecule has 0 atom stereocenters. The number of fused-ring (bicyclic) bond motifs is 1. The van der Waals surface area contributed by atoms with E-state index in [9.17, 15) is 18.0 Å². The number of hydrogen-bond acceptors (Lipinski definition) is 5. The zero-order valence-electron chi connectivity index (χ0n) is 20.8. The van der Waals surface area contributed by atoms with Gasteiger partial charge in [0.2, 0.25) is 0 Å². The largest absolute Gasteiger partial charge is 0.495 e. The number of methoxy groups -OCH3 is 1. The van der Waals surface area contributed by atoms with Gasteiger partial charge in [-0.25, -0.2) is 0 Å². The number of amides is 1. The molecular weight excluding hydrogens is 525 g/mol. The van der Waals surface area contributed by atoms with E-state index in [0.717, 1.165) is 22.9 Å². The predicted molar refractivity (Wildman–Crippen MR) is 144 cm³/mol. The number of carbonyl (C=O) groups is 1. The molecule has 39 heavy (non-hydrogen) atoms. The van der Waals surface area contributed by atoms with Crippen LogP contribution in [-0.2, 0) is 18.5 Å². The Morgan fingerprint density at radius 2 is 1.69 bits per heavy atom. The molecule has 0 unspecified atom stereocenters. The molecule has 10 heteroatoms. The number of carbonyl (C=O) groups excluding carboxylic acids is 1. The summed E-state index contributed by atoms with van der Waals surface area (Å²) in [5.41, 5.74) is 0.973. The molecule has 0 fully saturated rings. The van der Waals surface area contributed by atoms with E-state index < -0.39 is 11.7 Å². The fraction of sp³-hybridized carbons (Fsp3) is 0.138. The second-order valence-corrected chi connectivity index (χ2v) is 9.54. The Hall–Kier alpha value is -4.31. The average Bonchev–Trinajstić information content (AvgIpc) is 3.36. The van der Waals surface area contributed by atoms with Crippen molar-refractivity contribution in [1.82, 2.24) is 20.1 Å². The van der Waals surface area contributed by atoms with E-state index in [1.54, 1.807) is 29.9 Å². The molecule has 6 nitrogen and oxygen atoms in total. The lowest BCUT2D eigenvalue weighted by molar-refractivity contribution is -0.137. The first kappa shape index (κ1) is 26.3. The number of hydrogen-bond donors (Lipinski definition) is 1. The van der Waals surface area contributed by atoms with Crippen LogP contribution < -0.4 is 10.1 Å². The maximum atomic E-state index is 13.2. The first-order chi connectivity index (χ1) is 18.8. The van der Waals surface area contributed by atoms with Gasteiger partial charge in [-0.1, -0.05) is 78.5 Å². The molecule has 5 aromatic rings. The molecule has 1 N–H and O–H groups in total. The monoisotopic (exact) mass is 548 g/mol. The molecule has 5 rings (SSSR count). The molecule has 4 aromatic carbocycles. The SMILES string of the molecule is COc1ccccc1-n1c(CNC(=O)c2cccc3ccccc23)nnc1SCc1cccc(C(F)(F)F)c1. The number of alkyl halides is 3. The first-order valence-corrected chi connectivity index (χ1v) is 13.0. The van der Waals surface area contributed by atoms with Crippen molar-refractivity contribution in [1.29, 1.82) is 0 Å². The van der Waals surface area contributed by atoms with Crippen molar-refractivity contribution in [3.63, 3.8) is 0 Å². The highest BCUT2D eigenvalue weighted by Gasteiger charge is 2.30. The van der Waals surface area contributed by atoms with Crippen molar-refractivity contribution >= 4 is 28.4 Å². The Morgan fingerprint density at radius 3 is 2.51 bits per heavy atom. The molecule has 0 saturated carbocycles. The fourth-order valence-corrected chi connectivity index (χ4v) is 5.13. The first-order valence-electron chi connectivity index (χ1n) is 12.0. The van der Waals surface area contributed by atoms with Crippen LogP contribution in [0.2, 0.25) is 0 Å². The summed E-state index contributed by atoms with van der Waals surface area (Å²) in [7, 11) is 1.54. The molecule has 0 aliphatic rings. The van der Waals surface area contributed by atoms with Crippen molar-refractivity contribution in [3.05, 3.63) is 114 Å². The van der Waals surface area contributed by atoms with Crippen LogP contribution in [0.15, 0.2) is 96.2 Å². The topological polar surface area (TPSA) is 69.0 Å². The number of halogens is 3. The van der Waals surface area contributed by atoms with E-state index >= 15 is 0 Å². The van der Waals surface area contributed by atoms with Gasteiger partial charge in [-0.3, -0.25) is 9.36 Å². The van der Waals surface area contributed by atoms with Gasteiger partial charge in [-0.2, -0.15) is 13.2 Å². The lowest BCUT2D eigenvalue weighted by atomic mass is 10.0.